The van der Waals surface area contributed by atoms with Crippen LogP contribution >= 0.6 is 15.9 Å². The molecule has 110 valence electrons. The molecule has 0 spiro atoms. The average molecular weight is 348 g/mol. The van der Waals surface area contributed by atoms with Crippen molar-refractivity contribution >= 4 is 27.6 Å². The van der Waals surface area contributed by atoms with E-state index >= 15 is 0 Å². The van der Waals surface area contributed by atoms with Crippen molar-refractivity contribution in [3.05, 3.63) is 40.9 Å². The first-order valence-electron chi connectivity index (χ1n) is 7.12. The summed E-state index contributed by atoms with van der Waals surface area (Å²) in [6.45, 7) is 4.10. The van der Waals surface area contributed by atoms with Gasteiger partial charge in [0.15, 0.2) is 0 Å². The molecule has 0 bridgehead atoms. The number of pyridine rings is 1. The minimum absolute atomic E-state index is 0.387. The van der Waals surface area contributed by atoms with Crippen molar-refractivity contribution in [2.24, 2.45) is 0 Å². The monoisotopic (exact) mass is 347 g/mol. The van der Waals surface area contributed by atoms with Crippen molar-refractivity contribution < 1.29 is 0 Å². The summed E-state index contributed by atoms with van der Waals surface area (Å²) < 4.78 is 1.02. The third-order valence-corrected chi connectivity index (χ3v) is 4.11. The van der Waals surface area contributed by atoms with Gasteiger partial charge in [-0.05, 0) is 53.4 Å². The fourth-order valence-electron chi connectivity index (χ4n) is 2.74. The van der Waals surface area contributed by atoms with Crippen LogP contribution in [0.15, 0.2) is 35.3 Å². The molecule has 0 radical (unpaired) electrons. The molecule has 0 saturated carbocycles. The van der Waals surface area contributed by atoms with Crippen LogP contribution in [0.3, 0.4) is 0 Å². The second-order valence-electron chi connectivity index (χ2n) is 5.32. The highest BCUT2D eigenvalue weighted by Crippen LogP contribution is 2.24. The predicted molar refractivity (Wildman–Crippen MR) is 87.6 cm³/mol. The van der Waals surface area contributed by atoms with E-state index < -0.39 is 0 Å². The maximum Gasteiger partial charge on any atom is 0.131 e. The molecule has 1 unspecified atom stereocenters. The molecule has 1 saturated heterocycles. The number of nitrogens with zero attached hydrogens (tertiary/aromatic N) is 4. The van der Waals surface area contributed by atoms with E-state index in [0.717, 1.165) is 42.0 Å². The summed E-state index contributed by atoms with van der Waals surface area (Å²) in [5.74, 6) is 1.96. The number of halogens is 1. The molecule has 0 aromatic carbocycles. The molecule has 0 aliphatic carbocycles. The topological polar surface area (TPSA) is 53.9 Å². The van der Waals surface area contributed by atoms with Gasteiger partial charge in [-0.3, -0.25) is 0 Å². The zero-order valence-electron chi connectivity index (χ0n) is 12.0. The van der Waals surface area contributed by atoms with Gasteiger partial charge in [-0.15, -0.1) is 0 Å². The van der Waals surface area contributed by atoms with Gasteiger partial charge in [0.25, 0.3) is 0 Å². The summed E-state index contributed by atoms with van der Waals surface area (Å²) in [4.78, 5) is 15.1. The summed E-state index contributed by atoms with van der Waals surface area (Å²) in [7, 11) is 0. The molecule has 6 heteroatoms. The number of hydrogen-bond acceptors (Lipinski definition) is 5. The average Bonchev–Trinajstić information content (AvgIpc) is 2.48. The van der Waals surface area contributed by atoms with Crippen LogP contribution in [0.2, 0.25) is 0 Å². The largest absolute Gasteiger partial charge is 0.365 e. The Morgan fingerprint density at radius 3 is 3.05 bits per heavy atom. The number of rotatable bonds is 3. The Kier molecular flexibility index (Phi) is 4.34. The minimum Gasteiger partial charge on any atom is -0.365 e. The van der Waals surface area contributed by atoms with Crippen LogP contribution in [-0.2, 0) is 0 Å². The number of aromatic nitrogens is 3. The number of aryl methyl sites for hydroxylation is 1. The lowest BCUT2D eigenvalue weighted by Crippen LogP contribution is -2.43. The second-order valence-corrected chi connectivity index (χ2v) is 6.23. The quantitative estimate of drug-likeness (QED) is 0.924. The molecule has 5 nitrogen and oxygen atoms in total. The molecule has 21 heavy (non-hydrogen) atoms. The second kappa shape index (κ2) is 6.39. The molecular formula is C15H18BrN5. The lowest BCUT2D eigenvalue weighted by atomic mass is 10.1. The lowest BCUT2D eigenvalue weighted by molar-refractivity contribution is 0.525. The smallest absolute Gasteiger partial charge is 0.131 e. The first-order chi connectivity index (χ1) is 10.2. The first-order valence-corrected chi connectivity index (χ1v) is 7.91. The van der Waals surface area contributed by atoms with Gasteiger partial charge in [0.05, 0.1) is 0 Å². The molecule has 0 amide bonds. The summed E-state index contributed by atoms with van der Waals surface area (Å²) in [6, 6.07) is 4.41. The van der Waals surface area contributed by atoms with Gasteiger partial charge in [0.1, 0.15) is 18.0 Å². The van der Waals surface area contributed by atoms with E-state index in [1.807, 2.05) is 12.3 Å². The number of anilines is 2. The summed E-state index contributed by atoms with van der Waals surface area (Å²) in [5, 5.41) is 3.48. The molecule has 1 N–H and O–H groups in total. The van der Waals surface area contributed by atoms with Gasteiger partial charge < -0.3 is 10.2 Å². The van der Waals surface area contributed by atoms with Crippen molar-refractivity contribution in [1.82, 2.24) is 15.0 Å². The van der Waals surface area contributed by atoms with E-state index in [1.165, 1.54) is 5.56 Å². The van der Waals surface area contributed by atoms with Crippen LogP contribution in [0.5, 0.6) is 0 Å². The zero-order chi connectivity index (χ0) is 14.7. The van der Waals surface area contributed by atoms with Crippen molar-refractivity contribution in [2.75, 3.05) is 23.3 Å². The van der Waals surface area contributed by atoms with E-state index in [9.17, 15) is 0 Å². The van der Waals surface area contributed by atoms with Crippen molar-refractivity contribution in [2.45, 2.75) is 25.8 Å². The van der Waals surface area contributed by atoms with E-state index in [-0.39, 0.29) is 0 Å². The molecule has 1 fully saturated rings. The van der Waals surface area contributed by atoms with Crippen LogP contribution in [-0.4, -0.2) is 34.1 Å². The molecule has 1 aliphatic rings. The van der Waals surface area contributed by atoms with Gasteiger partial charge in [0, 0.05) is 36.0 Å². The van der Waals surface area contributed by atoms with Crippen LogP contribution in [0.4, 0.5) is 11.6 Å². The van der Waals surface area contributed by atoms with Crippen molar-refractivity contribution in [3.8, 4) is 0 Å². The van der Waals surface area contributed by atoms with Crippen molar-refractivity contribution in [3.63, 3.8) is 0 Å². The third kappa shape index (κ3) is 3.50. The van der Waals surface area contributed by atoms with E-state index in [0.29, 0.717) is 6.04 Å². The number of piperidine rings is 1. The summed E-state index contributed by atoms with van der Waals surface area (Å²) >= 11 is 3.47. The third-order valence-electron chi connectivity index (χ3n) is 3.67. The lowest BCUT2D eigenvalue weighted by Gasteiger charge is -2.35. The van der Waals surface area contributed by atoms with Gasteiger partial charge in [-0.1, -0.05) is 0 Å². The highest BCUT2D eigenvalue weighted by molar-refractivity contribution is 9.10. The van der Waals surface area contributed by atoms with Gasteiger partial charge >= 0.3 is 0 Å². The maximum atomic E-state index is 4.57. The van der Waals surface area contributed by atoms with Crippen LogP contribution in [0, 0.1) is 6.92 Å². The standard InChI is InChI=1S/C15H18BrN5/c1-11-7-12(16)8-18-15(11)21-6-2-3-13(9-21)20-14-4-5-17-10-19-14/h4-5,7-8,10,13H,2-3,6,9H2,1H3,(H,17,19,20). The Labute approximate surface area is 133 Å². The highest BCUT2D eigenvalue weighted by Gasteiger charge is 2.22. The van der Waals surface area contributed by atoms with Crippen LogP contribution in [0.1, 0.15) is 18.4 Å². The fraction of sp³-hybridized carbons (Fsp3) is 0.400. The number of nitrogens with one attached hydrogen (secondary N) is 1. The molecule has 2 aromatic rings. The minimum atomic E-state index is 0.387. The Balaban J connectivity index is 1.71. The Morgan fingerprint density at radius 2 is 2.29 bits per heavy atom. The van der Waals surface area contributed by atoms with Gasteiger partial charge in [-0.2, -0.15) is 0 Å². The molecule has 1 atom stereocenters. The zero-order valence-corrected chi connectivity index (χ0v) is 13.5. The Bertz CT molecular complexity index is 604. The van der Waals surface area contributed by atoms with Gasteiger partial charge in [0.2, 0.25) is 0 Å². The molecule has 3 rings (SSSR count). The van der Waals surface area contributed by atoms with Crippen LogP contribution < -0.4 is 10.2 Å². The Morgan fingerprint density at radius 1 is 1.38 bits per heavy atom. The van der Waals surface area contributed by atoms with E-state index in [4.69, 9.17) is 0 Å². The molecule has 3 heterocycles. The fourth-order valence-corrected chi connectivity index (χ4v) is 3.18. The van der Waals surface area contributed by atoms with Gasteiger partial charge in [-0.25, -0.2) is 15.0 Å². The van der Waals surface area contributed by atoms with E-state index in [2.05, 4.69) is 54.1 Å². The molecule has 2 aromatic heterocycles. The molecular weight excluding hydrogens is 330 g/mol. The van der Waals surface area contributed by atoms with Crippen LogP contribution in [0.25, 0.3) is 0 Å². The normalized spacial score (nSPS) is 18.6. The summed E-state index contributed by atoms with van der Waals surface area (Å²) in [5.41, 5.74) is 1.20. The highest BCUT2D eigenvalue weighted by atomic mass is 79.9. The Hall–Kier alpha value is -1.69. The maximum absolute atomic E-state index is 4.57. The summed E-state index contributed by atoms with van der Waals surface area (Å²) in [6.07, 6.45) is 7.50. The first kappa shape index (κ1) is 14.3. The van der Waals surface area contributed by atoms with Crippen molar-refractivity contribution in [1.29, 1.82) is 0 Å². The SMILES string of the molecule is Cc1cc(Br)cnc1N1CCCC(Nc2ccncn2)C1. The predicted octanol–water partition coefficient (Wildman–Crippen LogP) is 3.02. The molecule has 1 aliphatic heterocycles. The van der Waals surface area contributed by atoms with E-state index in [1.54, 1.807) is 12.5 Å². The number of hydrogen-bond donors (Lipinski definition) is 1.